The molecule has 6 nitrogen and oxygen atoms in total. The van der Waals surface area contributed by atoms with E-state index in [1.807, 2.05) is 6.08 Å². The molecule has 0 saturated carbocycles. The minimum atomic E-state index is -0.846. The van der Waals surface area contributed by atoms with Crippen molar-refractivity contribution in [3.05, 3.63) is 24.3 Å². The first-order valence-electron chi connectivity index (χ1n) is 32.6. The number of hydrogen-bond acceptors (Lipinski definition) is 5. The molecule has 0 spiro atoms. The summed E-state index contributed by atoms with van der Waals surface area (Å²) in [5, 5.41) is 23.2. The summed E-state index contributed by atoms with van der Waals surface area (Å²) < 4.78 is 5.47. The van der Waals surface area contributed by atoms with Gasteiger partial charge in [0.1, 0.15) is 0 Å². The van der Waals surface area contributed by atoms with Gasteiger partial charge in [0.05, 0.1) is 25.4 Å². The zero-order valence-electron chi connectivity index (χ0n) is 48.7. The van der Waals surface area contributed by atoms with Crippen molar-refractivity contribution in [1.29, 1.82) is 0 Å². The first kappa shape index (κ1) is 70.3. The zero-order chi connectivity index (χ0) is 52.2. The smallest absolute Gasteiger partial charge is 0.305 e. The minimum Gasteiger partial charge on any atom is -0.466 e. The molecule has 0 aromatic heterocycles. The lowest BCUT2D eigenvalue weighted by atomic mass is 10.0. The van der Waals surface area contributed by atoms with Crippen LogP contribution in [0.5, 0.6) is 0 Å². The van der Waals surface area contributed by atoms with Crippen molar-refractivity contribution in [2.75, 3.05) is 13.2 Å². The normalized spacial score (nSPS) is 12.7. The van der Waals surface area contributed by atoms with Crippen molar-refractivity contribution < 1.29 is 24.5 Å². The van der Waals surface area contributed by atoms with E-state index in [0.29, 0.717) is 19.4 Å². The van der Waals surface area contributed by atoms with Gasteiger partial charge in [0.25, 0.3) is 0 Å². The van der Waals surface area contributed by atoms with Crippen molar-refractivity contribution in [3.8, 4) is 0 Å². The lowest BCUT2D eigenvalue weighted by Crippen LogP contribution is -2.45. The second-order valence-electron chi connectivity index (χ2n) is 22.5. The number of rotatable bonds is 61. The fraction of sp³-hybridized carbons (Fsp3) is 0.909. The van der Waals surface area contributed by atoms with Crippen LogP contribution in [-0.2, 0) is 14.3 Å². The van der Waals surface area contributed by atoms with Crippen LogP contribution in [0.25, 0.3) is 0 Å². The van der Waals surface area contributed by atoms with Crippen LogP contribution in [0.2, 0.25) is 0 Å². The van der Waals surface area contributed by atoms with Crippen molar-refractivity contribution in [2.45, 2.75) is 373 Å². The number of ether oxygens (including phenoxy) is 1. The van der Waals surface area contributed by atoms with Crippen LogP contribution in [0.3, 0.4) is 0 Å². The Morgan fingerprint density at radius 2 is 0.653 bits per heavy atom. The van der Waals surface area contributed by atoms with Crippen LogP contribution in [-0.4, -0.2) is 47.4 Å². The Kier molecular flexibility index (Phi) is 60.5. The molecule has 0 aliphatic carbocycles. The third-order valence-electron chi connectivity index (χ3n) is 15.2. The molecule has 2 unspecified atom stereocenters. The number of esters is 1. The molecule has 0 saturated heterocycles. The molecule has 0 fully saturated rings. The van der Waals surface area contributed by atoms with E-state index in [9.17, 15) is 19.8 Å². The van der Waals surface area contributed by atoms with Gasteiger partial charge >= 0.3 is 5.97 Å². The number of aliphatic hydroxyl groups excluding tert-OH is 2. The Balaban J connectivity index is 3.42. The molecule has 0 aromatic carbocycles. The highest BCUT2D eigenvalue weighted by Gasteiger charge is 2.18. The standard InChI is InChI=1S/C66H127NO5/c1-3-5-7-9-11-13-15-17-18-19-20-21-23-26-29-32-35-38-42-46-50-54-58-64(69)63(62-68)67-65(70)59-55-51-47-43-39-36-33-30-27-24-22-25-28-31-34-37-41-45-49-53-57-61-72-66(71)60-56-52-48-44-40-16-14-12-10-8-6-4-2/h12,14,54,58,63-64,68-69H,3-11,13,15-53,55-57,59-62H2,1-2H3,(H,67,70)/b14-12-,58-54+. The van der Waals surface area contributed by atoms with Crippen molar-refractivity contribution in [3.63, 3.8) is 0 Å². The van der Waals surface area contributed by atoms with E-state index in [2.05, 4.69) is 31.3 Å². The molecule has 0 aliphatic rings. The quantitative estimate of drug-likeness (QED) is 0.0320. The number of unbranched alkanes of at least 4 members (excludes halogenated alkanes) is 48. The highest BCUT2D eigenvalue weighted by molar-refractivity contribution is 5.76. The molecule has 0 radical (unpaired) electrons. The topological polar surface area (TPSA) is 95.9 Å². The van der Waals surface area contributed by atoms with E-state index in [-0.39, 0.29) is 18.5 Å². The molecule has 0 heterocycles. The Morgan fingerprint density at radius 1 is 0.375 bits per heavy atom. The Hall–Kier alpha value is -1.66. The molecule has 2 atom stereocenters. The van der Waals surface area contributed by atoms with Crippen LogP contribution in [0.15, 0.2) is 24.3 Å². The Labute approximate surface area is 450 Å². The fourth-order valence-corrected chi connectivity index (χ4v) is 10.2. The lowest BCUT2D eigenvalue weighted by molar-refractivity contribution is -0.143. The zero-order valence-corrected chi connectivity index (χ0v) is 48.7. The monoisotopic (exact) mass is 1010 g/mol. The second kappa shape index (κ2) is 61.9. The van der Waals surface area contributed by atoms with E-state index in [1.54, 1.807) is 6.08 Å². The average Bonchev–Trinajstić information content (AvgIpc) is 3.38. The highest BCUT2D eigenvalue weighted by Crippen LogP contribution is 2.18. The van der Waals surface area contributed by atoms with Gasteiger partial charge in [-0.2, -0.15) is 0 Å². The molecular weight excluding hydrogens is 887 g/mol. The summed E-state index contributed by atoms with van der Waals surface area (Å²) in [4.78, 5) is 24.5. The van der Waals surface area contributed by atoms with Gasteiger partial charge in [0.15, 0.2) is 0 Å². The fourth-order valence-electron chi connectivity index (χ4n) is 10.2. The highest BCUT2D eigenvalue weighted by atomic mass is 16.5. The van der Waals surface area contributed by atoms with E-state index in [0.717, 1.165) is 44.9 Å². The SMILES string of the molecule is CCCCC/C=C\CCCCCCCC(=O)OCCCCCCCCCCCCCCCCCCCCCCCC(=O)NC(CO)C(O)/C=C/CCCCCCCCCCCCCCCCCCCCCC. The average molecular weight is 1010 g/mol. The van der Waals surface area contributed by atoms with E-state index < -0.39 is 12.1 Å². The second-order valence-corrected chi connectivity index (χ2v) is 22.5. The van der Waals surface area contributed by atoms with Crippen LogP contribution in [0, 0.1) is 0 Å². The number of hydrogen-bond donors (Lipinski definition) is 3. The molecule has 0 aliphatic heterocycles. The molecular formula is C66H127NO5. The van der Waals surface area contributed by atoms with Crippen LogP contribution < -0.4 is 5.32 Å². The molecule has 0 bridgehead atoms. The summed E-state index contributed by atoms with van der Waals surface area (Å²) in [6.45, 7) is 4.90. The Bertz CT molecular complexity index is 1120. The summed E-state index contributed by atoms with van der Waals surface area (Å²) in [5.41, 5.74) is 0. The van der Waals surface area contributed by atoms with Crippen LogP contribution in [0.1, 0.15) is 361 Å². The predicted octanol–water partition coefficient (Wildman–Crippen LogP) is 20.6. The summed E-state index contributed by atoms with van der Waals surface area (Å²) in [6.07, 6.45) is 76.6. The molecule has 0 aromatic rings. The van der Waals surface area contributed by atoms with Gasteiger partial charge in [-0.3, -0.25) is 9.59 Å². The van der Waals surface area contributed by atoms with Gasteiger partial charge in [-0.15, -0.1) is 0 Å². The number of allylic oxidation sites excluding steroid dienone is 3. The first-order valence-corrected chi connectivity index (χ1v) is 32.6. The third-order valence-corrected chi connectivity index (χ3v) is 15.2. The van der Waals surface area contributed by atoms with Crippen LogP contribution >= 0.6 is 0 Å². The van der Waals surface area contributed by atoms with Gasteiger partial charge in [-0.1, -0.05) is 314 Å². The molecule has 3 N–H and O–H groups in total. The van der Waals surface area contributed by atoms with E-state index in [1.165, 1.54) is 289 Å². The Morgan fingerprint density at radius 3 is 1.01 bits per heavy atom. The van der Waals surface area contributed by atoms with Crippen LogP contribution in [0.4, 0.5) is 0 Å². The summed E-state index contributed by atoms with van der Waals surface area (Å²) >= 11 is 0. The van der Waals surface area contributed by atoms with Gasteiger partial charge in [0, 0.05) is 12.8 Å². The molecule has 72 heavy (non-hydrogen) atoms. The van der Waals surface area contributed by atoms with Crippen molar-refractivity contribution in [2.24, 2.45) is 0 Å². The maximum atomic E-state index is 12.5. The molecule has 0 rings (SSSR count). The predicted molar refractivity (Wildman–Crippen MR) is 315 cm³/mol. The van der Waals surface area contributed by atoms with Crippen molar-refractivity contribution in [1.82, 2.24) is 5.32 Å². The number of nitrogens with one attached hydrogen (secondary N) is 1. The van der Waals surface area contributed by atoms with Gasteiger partial charge in [-0.25, -0.2) is 0 Å². The molecule has 1 amide bonds. The minimum absolute atomic E-state index is 0.00184. The summed E-state index contributed by atoms with van der Waals surface area (Å²) in [5.74, 6) is -0.0636. The van der Waals surface area contributed by atoms with Gasteiger partial charge in [0.2, 0.25) is 5.91 Å². The van der Waals surface area contributed by atoms with Gasteiger partial charge in [-0.05, 0) is 57.8 Å². The number of amides is 1. The third kappa shape index (κ3) is 57.6. The summed E-state index contributed by atoms with van der Waals surface area (Å²) in [7, 11) is 0. The number of carbonyl (C=O) groups is 2. The summed E-state index contributed by atoms with van der Waals surface area (Å²) in [6, 6.07) is -0.629. The number of aliphatic hydroxyl groups is 2. The largest absolute Gasteiger partial charge is 0.466 e. The maximum absolute atomic E-state index is 12.5. The van der Waals surface area contributed by atoms with Gasteiger partial charge < -0.3 is 20.3 Å². The molecule has 426 valence electrons. The first-order chi connectivity index (χ1) is 35.5. The number of carbonyl (C=O) groups excluding carboxylic acids is 2. The lowest BCUT2D eigenvalue weighted by Gasteiger charge is -2.20. The van der Waals surface area contributed by atoms with Crippen molar-refractivity contribution >= 4 is 11.9 Å². The maximum Gasteiger partial charge on any atom is 0.305 e. The van der Waals surface area contributed by atoms with E-state index >= 15 is 0 Å². The van der Waals surface area contributed by atoms with E-state index in [4.69, 9.17) is 4.74 Å². The molecule has 6 heteroatoms.